The summed E-state index contributed by atoms with van der Waals surface area (Å²) in [4.78, 5) is 18.4. The Bertz CT molecular complexity index is 1420. The van der Waals surface area contributed by atoms with E-state index in [1.807, 2.05) is 36.4 Å². The molecule has 0 bridgehead atoms. The molecule has 6 heterocycles. The summed E-state index contributed by atoms with van der Waals surface area (Å²) in [5.74, 6) is 0.691. The molecule has 4 aromatic heterocycles. The van der Waals surface area contributed by atoms with E-state index in [-0.39, 0.29) is 5.03 Å². The van der Waals surface area contributed by atoms with Crippen molar-refractivity contribution in [3.63, 3.8) is 0 Å². The first kappa shape index (κ1) is 21.4. The lowest BCUT2D eigenvalue weighted by atomic mass is 9.98. The van der Waals surface area contributed by atoms with Gasteiger partial charge in [-0.1, -0.05) is 0 Å². The second-order valence-electron chi connectivity index (χ2n) is 8.98. The fourth-order valence-corrected chi connectivity index (χ4v) is 6.27. The number of imidazole rings is 1. The molecule has 2 aliphatic heterocycles. The van der Waals surface area contributed by atoms with E-state index in [0.717, 1.165) is 48.2 Å². The molecule has 6 rings (SSSR count). The topological polar surface area (TPSA) is 118 Å². The van der Waals surface area contributed by atoms with Gasteiger partial charge in [0.1, 0.15) is 23.8 Å². The van der Waals surface area contributed by atoms with Crippen molar-refractivity contribution in [2.45, 2.75) is 30.8 Å². The molecule has 11 nitrogen and oxygen atoms in total. The minimum Gasteiger partial charge on any atom is -0.346 e. The lowest BCUT2D eigenvalue weighted by Gasteiger charge is -2.46. The number of H-pyrrole nitrogens is 1. The zero-order valence-corrected chi connectivity index (χ0v) is 19.9. The van der Waals surface area contributed by atoms with Gasteiger partial charge in [-0.05, 0) is 25.8 Å². The molecule has 1 radical (unpaired) electrons. The Labute approximate surface area is 197 Å². The van der Waals surface area contributed by atoms with E-state index in [1.54, 1.807) is 28.3 Å². The highest BCUT2D eigenvalue weighted by Gasteiger charge is 2.39. The fourth-order valence-electron chi connectivity index (χ4n) is 4.78. The number of piperidine rings is 1. The van der Waals surface area contributed by atoms with Gasteiger partial charge in [-0.3, -0.25) is 9.58 Å². The standard InChI is InChI=1S/C22H26N9O2S/c1-15-27-20(13-28(15)2)34(32,33)30-7-4-17(5-8-30)29-11-18(12-29)31-10-16(9-26-31)21-19-3-6-23-22(19)25-14-24-21/h3,6,9-10,13-14,17H,4-5,7-8,11-12H2,1-2H3,(H,23,24,25). The molecule has 4 aromatic rings. The van der Waals surface area contributed by atoms with E-state index >= 15 is 0 Å². The van der Waals surface area contributed by atoms with E-state index in [9.17, 15) is 8.42 Å². The van der Waals surface area contributed by atoms with Crippen molar-refractivity contribution in [2.75, 3.05) is 26.2 Å². The minimum absolute atomic E-state index is 0.139. The maximum absolute atomic E-state index is 12.9. The zero-order valence-electron chi connectivity index (χ0n) is 19.1. The molecular weight excluding hydrogens is 454 g/mol. The summed E-state index contributed by atoms with van der Waals surface area (Å²) in [7, 11) is -1.73. The third-order valence-corrected chi connectivity index (χ3v) is 8.71. The summed E-state index contributed by atoms with van der Waals surface area (Å²) in [5, 5.41) is 5.67. The Kier molecular flexibility index (Phi) is 5.04. The monoisotopic (exact) mass is 480 g/mol. The van der Waals surface area contributed by atoms with Crippen molar-refractivity contribution >= 4 is 21.1 Å². The molecular formula is C22H26N9O2S. The summed E-state index contributed by atoms with van der Waals surface area (Å²) in [6, 6.07) is 3.57. The molecule has 2 saturated heterocycles. The van der Waals surface area contributed by atoms with Gasteiger partial charge in [0.25, 0.3) is 10.0 Å². The second-order valence-corrected chi connectivity index (χ2v) is 10.9. The Morgan fingerprint density at radius 3 is 2.65 bits per heavy atom. The predicted octanol–water partition coefficient (Wildman–Crippen LogP) is 1.41. The highest BCUT2D eigenvalue weighted by Crippen LogP contribution is 2.31. The number of nitrogens with zero attached hydrogens (tertiary/aromatic N) is 8. The average Bonchev–Trinajstić information content (AvgIpc) is 3.54. The zero-order chi connectivity index (χ0) is 23.4. The van der Waals surface area contributed by atoms with Gasteiger partial charge in [-0.15, -0.1) is 0 Å². The van der Waals surface area contributed by atoms with E-state index in [0.29, 0.717) is 25.0 Å². The van der Waals surface area contributed by atoms with Crippen molar-refractivity contribution in [3.05, 3.63) is 49.0 Å². The third kappa shape index (κ3) is 3.53. The second kappa shape index (κ2) is 8.00. The number of rotatable bonds is 5. The minimum atomic E-state index is -3.54. The SMILES string of the molecule is Cc1nc(S(=O)(=O)N2CCC(N3C[C](n4cc(-c5ncnc6[nH]ccc56)cn4)C3)CC2)cn1C. The maximum atomic E-state index is 12.9. The van der Waals surface area contributed by atoms with Crippen molar-refractivity contribution in [1.29, 1.82) is 0 Å². The lowest BCUT2D eigenvalue weighted by Crippen LogP contribution is -2.56. The molecule has 0 amide bonds. The highest BCUT2D eigenvalue weighted by molar-refractivity contribution is 7.89. The number of likely N-dealkylation sites (tertiary alicyclic amines) is 1. The number of fused-ring (bicyclic) bond motifs is 1. The van der Waals surface area contributed by atoms with Gasteiger partial charge in [0.2, 0.25) is 0 Å². The van der Waals surface area contributed by atoms with Gasteiger partial charge in [0.05, 0.1) is 11.9 Å². The maximum Gasteiger partial charge on any atom is 0.262 e. The van der Waals surface area contributed by atoms with Crippen molar-refractivity contribution < 1.29 is 8.42 Å². The summed E-state index contributed by atoms with van der Waals surface area (Å²) < 4.78 is 31.1. The number of sulfonamides is 1. The molecule has 0 spiro atoms. The van der Waals surface area contributed by atoms with Crippen LogP contribution in [-0.4, -0.2) is 84.1 Å². The lowest BCUT2D eigenvalue weighted by molar-refractivity contribution is 0.0883. The number of hydrogen-bond donors (Lipinski definition) is 1. The molecule has 0 atom stereocenters. The van der Waals surface area contributed by atoms with E-state index in [2.05, 4.69) is 29.9 Å². The molecule has 0 saturated carbocycles. The molecule has 12 heteroatoms. The molecule has 0 aromatic carbocycles. The van der Waals surface area contributed by atoms with Gasteiger partial charge in [0.15, 0.2) is 5.03 Å². The predicted molar refractivity (Wildman–Crippen MR) is 125 cm³/mol. The van der Waals surface area contributed by atoms with Crippen LogP contribution in [0.15, 0.2) is 42.2 Å². The molecule has 177 valence electrons. The van der Waals surface area contributed by atoms with E-state index in [4.69, 9.17) is 0 Å². The molecule has 2 fully saturated rings. The van der Waals surface area contributed by atoms with Crippen LogP contribution >= 0.6 is 0 Å². The van der Waals surface area contributed by atoms with E-state index < -0.39 is 10.0 Å². The molecule has 0 aliphatic carbocycles. The van der Waals surface area contributed by atoms with Gasteiger partial charge in [-0.25, -0.2) is 23.4 Å². The summed E-state index contributed by atoms with van der Waals surface area (Å²) in [6.07, 6.45) is 10.5. The Morgan fingerprint density at radius 2 is 1.91 bits per heavy atom. The quantitative estimate of drug-likeness (QED) is 0.459. The van der Waals surface area contributed by atoms with Crippen LogP contribution in [0, 0.1) is 13.0 Å². The number of aromatic nitrogens is 7. The molecule has 2 aliphatic rings. The van der Waals surface area contributed by atoms with Crippen LogP contribution in [0.2, 0.25) is 0 Å². The average molecular weight is 481 g/mol. The summed E-state index contributed by atoms with van der Waals surface area (Å²) in [6.45, 7) is 4.50. The van der Waals surface area contributed by atoms with Crippen LogP contribution in [0.1, 0.15) is 18.7 Å². The number of nitrogens with one attached hydrogen (secondary N) is 1. The van der Waals surface area contributed by atoms with Gasteiger partial charge in [0, 0.05) is 68.8 Å². The first-order chi connectivity index (χ1) is 16.4. The van der Waals surface area contributed by atoms with Crippen LogP contribution < -0.4 is 0 Å². The highest BCUT2D eigenvalue weighted by atomic mass is 32.2. The van der Waals surface area contributed by atoms with Crippen LogP contribution in [0.5, 0.6) is 0 Å². The van der Waals surface area contributed by atoms with Gasteiger partial charge >= 0.3 is 0 Å². The number of aromatic amines is 1. The normalized spacial score (nSPS) is 19.1. The largest absolute Gasteiger partial charge is 0.346 e. The van der Waals surface area contributed by atoms with Crippen LogP contribution in [0.3, 0.4) is 0 Å². The first-order valence-electron chi connectivity index (χ1n) is 11.3. The van der Waals surface area contributed by atoms with Crippen LogP contribution in [0.4, 0.5) is 0 Å². The first-order valence-corrected chi connectivity index (χ1v) is 12.8. The fraction of sp³-hybridized carbons (Fsp3) is 0.409. The molecule has 1 N–H and O–H groups in total. The Hall–Kier alpha value is -3.09. The van der Waals surface area contributed by atoms with Gasteiger partial charge < -0.3 is 9.55 Å². The van der Waals surface area contributed by atoms with Crippen molar-refractivity contribution in [2.24, 2.45) is 7.05 Å². The van der Waals surface area contributed by atoms with Crippen molar-refractivity contribution in [1.82, 2.24) is 43.5 Å². The Balaban J connectivity index is 1.07. The molecule has 0 unspecified atom stereocenters. The van der Waals surface area contributed by atoms with Crippen LogP contribution in [-0.2, 0) is 17.1 Å². The summed E-state index contributed by atoms with van der Waals surface area (Å²) in [5.41, 5.74) is 2.64. The van der Waals surface area contributed by atoms with Crippen LogP contribution in [0.25, 0.3) is 22.3 Å². The van der Waals surface area contributed by atoms with E-state index in [1.165, 1.54) is 6.04 Å². The van der Waals surface area contributed by atoms with Crippen molar-refractivity contribution in [3.8, 4) is 11.3 Å². The Morgan fingerprint density at radius 1 is 1.12 bits per heavy atom. The molecule has 34 heavy (non-hydrogen) atoms. The van der Waals surface area contributed by atoms with Gasteiger partial charge in [-0.2, -0.15) is 9.40 Å². The summed E-state index contributed by atoms with van der Waals surface area (Å²) >= 11 is 0. The number of hydrogen-bond acceptors (Lipinski definition) is 7. The smallest absolute Gasteiger partial charge is 0.262 e. The number of aryl methyl sites for hydroxylation is 2. The third-order valence-electron chi connectivity index (χ3n) is 6.94.